The molecule has 3 aromatic rings. The summed E-state index contributed by atoms with van der Waals surface area (Å²) in [6, 6.07) is 12.0. The molecule has 0 saturated carbocycles. The maximum Gasteiger partial charge on any atom is 0.278 e. The highest BCUT2D eigenvalue weighted by Crippen LogP contribution is 2.23. The highest BCUT2D eigenvalue weighted by molar-refractivity contribution is 5.86. The lowest BCUT2D eigenvalue weighted by Crippen LogP contribution is -2.53. The first-order valence-electron chi connectivity index (χ1n) is 15.4. The third-order valence-corrected chi connectivity index (χ3v) is 8.46. The molecule has 5 rings (SSSR count). The standard InChI is InChI=1S/C32H44N10O2/c1-6-15-40-32(44)28(31(33-4)42(40)29-11-12-30(43)41(36-29)24(2)3)22-34-23-35-25-7-9-26(10-8-25)38-18-20-39(21-19-38)27-13-16-37(5)17-14-27/h6-12,22,24,27,35H,1,4,13-21,23H2,2-3,5H3/b34-22-. The Bertz CT molecular complexity index is 1580. The molecular formula is C32H44N10O2. The van der Waals surface area contributed by atoms with E-state index < -0.39 is 0 Å². The van der Waals surface area contributed by atoms with Crippen LogP contribution in [0.4, 0.5) is 17.2 Å². The lowest BCUT2D eigenvalue weighted by molar-refractivity contribution is 0.115. The number of aliphatic imine (C=N–C) groups is 2. The third-order valence-electron chi connectivity index (χ3n) is 8.46. The van der Waals surface area contributed by atoms with E-state index in [1.54, 1.807) is 16.8 Å². The molecular weight excluding hydrogens is 556 g/mol. The van der Waals surface area contributed by atoms with Crippen molar-refractivity contribution in [3.8, 4) is 5.82 Å². The Morgan fingerprint density at radius 2 is 1.73 bits per heavy atom. The zero-order valence-electron chi connectivity index (χ0n) is 26.1. The average molecular weight is 601 g/mol. The van der Waals surface area contributed by atoms with Gasteiger partial charge in [-0.15, -0.1) is 11.7 Å². The summed E-state index contributed by atoms with van der Waals surface area (Å²) < 4.78 is 4.37. The van der Waals surface area contributed by atoms with Crippen LogP contribution in [-0.2, 0) is 6.54 Å². The van der Waals surface area contributed by atoms with Crippen LogP contribution in [0.1, 0.15) is 38.3 Å². The molecule has 12 nitrogen and oxygen atoms in total. The van der Waals surface area contributed by atoms with Crippen LogP contribution in [0.5, 0.6) is 0 Å². The number of piperazine rings is 1. The summed E-state index contributed by atoms with van der Waals surface area (Å²) in [7, 11) is 2.21. The van der Waals surface area contributed by atoms with Crippen molar-refractivity contribution in [3.63, 3.8) is 0 Å². The smallest absolute Gasteiger partial charge is 0.278 e. The van der Waals surface area contributed by atoms with E-state index in [0.717, 1.165) is 37.9 Å². The summed E-state index contributed by atoms with van der Waals surface area (Å²) in [4.78, 5) is 41.8. The summed E-state index contributed by atoms with van der Waals surface area (Å²) in [5, 5.41) is 7.78. The van der Waals surface area contributed by atoms with Crippen molar-refractivity contribution in [2.75, 3.05) is 63.2 Å². The van der Waals surface area contributed by atoms with Gasteiger partial charge in [0.2, 0.25) is 0 Å². The number of benzene rings is 1. The summed E-state index contributed by atoms with van der Waals surface area (Å²) >= 11 is 0. The largest absolute Gasteiger partial charge is 0.369 e. The van der Waals surface area contributed by atoms with E-state index in [9.17, 15) is 9.59 Å². The Hall–Kier alpha value is -4.29. The molecule has 44 heavy (non-hydrogen) atoms. The fourth-order valence-corrected chi connectivity index (χ4v) is 6.01. The topological polar surface area (TPSA) is 108 Å². The van der Waals surface area contributed by atoms with Crippen LogP contribution in [0.15, 0.2) is 68.6 Å². The van der Waals surface area contributed by atoms with E-state index in [1.807, 2.05) is 13.8 Å². The molecule has 234 valence electrons. The van der Waals surface area contributed by atoms with Gasteiger partial charge in [0.15, 0.2) is 11.6 Å². The second kappa shape index (κ2) is 14.0. The van der Waals surface area contributed by atoms with E-state index in [4.69, 9.17) is 0 Å². The molecule has 0 bridgehead atoms. The summed E-state index contributed by atoms with van der Waals surface area (Å²) in [5.41, 5.74) is 1.92. The minimum absolute atomic E-state index is 0.155. The van der Waals surface area contributed by atoms with Crippen LogP contribution in [0.25, 0.3) is 5.82 Å². The van der Waals surface area contributed by atoms with Crippen LogP contribution in [0.3, 0.4) is 0 Å². The number of hydrogen-bond donors (Lipinski definition) is 1. The monoisotopic (exact) mass is 600 g/mol. The van der Waals surface area contributed by atoms with E-state index in [-0.39, 0.29) is 35.9 Å². The fraction of sp³-hybridized carbons (Fsp3) is 0.469. The summed E-state index contributed by atoms with van der Waals surface area (Å²) in [6.07, 6.45) is 5.66. The van der Waals surface area contributed by atoms with Gasteiger partial charge in [0.1, 0.15) is 12.2 Å². The number of hydrogen-bond acceptors (Lipinski definition) is 9. The fourth-order valence-electron chi connectivity index (χ4n) is 6.01. The van der Waals surface area contributed by atoms with Gasteiger partial charge in [-0.1, -0.05) is 6.08 Å². The first kappa shape index (κ1) is 31.1. The van der Waals surface area contributed by atoms with E-state index >= 15 is 0 Å². The summed E-state index contributed by atoms with van der Waals surface area (Å²) in [5.74, 6) is 0.670. The number of rotatable bonds is 11. The Morgan fingerprint density at radius 1 is 1.02 bits per heavy atom. The molecule has 12 heteroatoms. The summed E-state index contributed by atoms with van der Waals surface area (Å²) in [6.45, 7) is 18.4. The highest BCUT2D eigenvalue weighted by atomic mass is 16.1. The number of allylic oxidation sites excluding steroid dienone is 1. The molecule has 2 aliphatic rings. The van der Waals surface area contributed by atoms with Gasteiger partial charge in [0.25, 0.3) is 11.1 Å². The Labute approximate surface area is 258 Å². The van der Waals surface area contributed by atoms with Crippen LogP contribution in [0.2, 0.25) is 0 Å². The predicted octanol–water partition coefficient (Wildman–Crippen LogP) is 3.00. The van der Waals surface area contributed by atoms with E-state index in [2.05, 4.69) is 79.7 Å². The lowest BCUT2D eigenvalue weighted by Gasteiger charge is -2.42. The number of aromatic nitrogens is 4. The lowest BCUT2D eigenvalue weighted by atomic mass is 10.0. The van der Waals surface area contributed by atoms with Crippen LogP contribution < -0.4 is 21.3 Å². The number of likely N-dealkylation sites (tertiary alicyclic amines) is 1. The van der Waals surface area contributed by atoms with Crippen LogP contribution in [-0.4, -0.2) is 101 Å². The molecule has 0 radical (unpaired) electrons. The Kier molecular flexibility index (Phi) is 9.91. The second-order valence-electron chi connectivity index (χ2n) is 11.7. The zero-order chi connectivity index (χ0) is 31.2. The number of anilines is 2. The van der Waals surface area contributed by atoms with Gasteiger partial charge < -0.3 is 15.1 Å². The molecule has 2 aromatic heterocycles. The third kappa shape index (κ3) is 6.76. The molecule has 1 aromatic carbocycles. The first-order chi connectivity index (χ1) is 21.3. The van der Waals surface area contributed by atoms with Crippen LogP contribution >= 0.6 is 0 Å². The molecule has 0 unspecified atom stereocenters. The van der Waals surface area contributed by atoms with Gasteiger partial charge in [-0.05, 0) is 83.9 Å². The molecule has 2 saturated heterocycles. The number of piperidine rings is 1. The zero-order valence-corrected chi connectivity index (χ0v) is 26.1. The van der Waals surface area contributed by atoms with Crippen molar-refractivity contribution in [1.29, 1.82) is 0 Å². The number of nitrogens with one attached hydrogen (secondary N) is 1. The minimum atomic E-state index is -0.305. The van der Waals surface area contributed by atoms with Crippen LogP contribution in [0, 0.1) is 0 Å². The highest BCUT2D eigenvalue weighted by Gasteiger charge is 2.26. The normalized spacial score (nSPS) is 17.0. The van der Waals surface area contributed by atoms with Crippen molar-refractivity contribution in [2.45, 2.75) is 45.3 Å². The second-order valence-corrected chi connectivity index (χ2v) is 11.7. The quantitative estimate of drug-likeness (QED) is 0.266. The van der Waals surface area contributed by atoms with Crippen molar-refractivity contribution >= 4 is 30.1 Å². The molecule has 2 aliphatic heterocycles. The molecule has 0 aliphatic carbocycles. The van der Waals surface area contributed by atoms with Gasteiger partial charge in [0.05, 0.1) is 12.6 Å². The first-order valence-corrected chi connectivity index (χ1v) is 15.4. The molecule has 4 heterocycles. The van der Waals surface area contributed by atoms with Crippen molar-refractivity contribution in [2.24, 2.45) is 9.98 Å². The van der Waals surface area contributed by atoms with Crippen molar-refractivity contribution < 1.29 is 0 Å². The molecule has 0 spiro atoms. The van der Waals surface area contributed by atoms with Gasteiger partial charge >= 0.3 is 0 Å². The number of nitrogens with zero attached hydrogens (tertiary/aromatic N) is 9. The van der Waals surface area contributed by atoms with Crippen molar-refractivity contribution in [3.05, 3.63) is 75.3 Å². The van der Waals surface area contributed by atoms with E-state index in [0.29, 0.717) is 11.6 Å². The molecule has 0 atom stereocenters. The van der Waals surface area contributed by atoms with Gasteiger partial charge in [-0.25, -0.2) is 19.0 Å². The maximum absolute atomic E-state index is 13.4. The van der Waals surface area contributed by atoms with Gasteiger partial charge in [0, 0.05) is 55.9 Å². The Morgan fingerprint density at radius 3 is 2.36 bits per heavy atom. The predicted molar refractivity (Wildman–Crippen MR) is 179 cm³/mol. The maximum atomic E-state index is 13.4. The molecule has 2 fully saturated rings. The SMILES string of the molecule is C=CCn1c(=O)c(/C=N\CNc2ccc(N3CCN(C4CCN(C)CC4)CC3)cc2)c(N=C)n1-c1ccc(=O)n(C(C)C)n1. The molecule has 1 N–H and O–H groups in total. The van der Waals surface area contributed by atoms with Gasteiger partial charge in [-0.2, -0.15) is 0 Å². The van der Waals surface area contributed by atoms with Crippen molar-refractivity contribution in [1.82, 2.24) is 28.9 Å². The minimum Gasteiger partial charge on any atom is -0.369 e. The Balaban J connectivity index is 1.23. The average Bonchev–Trinajstić information content (AvgIpc) is 3.30. The van der Waals surface area contributed by atoms with Gasteiger partial charge in [-0.3, -0.25) is 19.5 Å². The molecule has 0 amide bonds. The van der Waals surface area contributed by atoms with E-state index in [1.165, 1.54) is 53.3 Å².